The Morgan fingerprint density at radius 2 is 1.87 bits per heavy atom. The fourth-order valence-electron chi connectivity index (χ4n) is 4.14. The molecule has 39 heavy (non-hydrogen) atoms. The molecular formula is C28H30ClFN4O4S. The Morgan fingerprint density at radius 1 is 1.21 bits per heavy atom. The zero-order chi connectivity index (χ0) is 28.5. The third-order valence-corrected chi connectivity index (χ3v) is 7.24. The van der Waals surface area contributed by atoms with Crippen molar-refractivity contribution in [1.29, 1.82) is 0 Å². The van der Waals surface area contributed by atoms with Crippen molar-refractivity contribution in [2.45, 2.75) is 37.3 Å². The first-order chi connectivity index (χ1) is 18.2. The minimum Gasteiger partial charge on any atom is -0.363 e. The number of ether oxygens (including phenoxy) is 1. The van der Waals surface area contributed by atoms with E-state index in [0.717, 1.165) is 24.0 Å². The molecule has 0 radical (unpaired) electrons. The summed E-state index contributed by atoms with van der Waals surface area (Å²) in [6.45, 7) is 7.23. The Hall–Kier alpha value is -3.23. The monoisotopic (exact) mass is 572 g/mol. The summed E-state index contributed by atoms with van der Waals surface area (Å²) in [6, 6.07) is 10.6. The molecule has 1 N–H and O–H groups in total. The largest absolute Gasteiger partial charge is 0.363 e. The Balaban J connectivity index is 1.79. The molecule has 3 aromatic rings. The molecule has 0 atom stereocenters. The second kappa shape index (κ2) is 11.1. The average molecular weight is 573 g/mol. The van der Waals surface area contributed by atoms with E-state index in [0.29, 0.717) is 16.1 Å². The molecule has 2 heterocycles. The van der Waals surface area contributed by atoms with Crippen LogP contribution < -0.4 is 5.32 Å². The Labute approximate surface area is 233 Å². The van der Waals surface area contributed by atoms with Crippen LogP contribution in [0.1, 0.15) is 36.8 Å². The van der Waals surface area contributed by atoms with Crippen molar-refractivity contribution in [2.75, 3.05) is 33.0 Å². The van der Waals surface area contributed by atoms with Crippen LogP contribution in [-0.4, -0.2) is 73.6 Å². The van der Waals surface area contributed by atoms with Gasteiger partial charge in [0.15, 0.2) is 15.5 Å². The molecule has 0 unspecified atom stereocenters. The van der Waals surface area contributed by atoms with Gasteiger partial charge in [0.05, 0.1) is 11.8 Å². The minimum atomic E-state index is -3.99. The molecule has 1 amide bonds. The van der Waals surface area contributed by atoms with Crippen LogP contribution in [0.15, 0.2) is 47.4 Å². The van der Waals surface area contributed by atoms with Crippen LogP contribution in [0.4, 0.5) is 4.39 Å². The topological polar surface area (TPSA) is 93.5 Å². The number of aromatic nitrogens is 2. The Kier molecular flexibility index (Phi) is 8.19. The van der Waals surface area contributed by atoms with E-state index in [-0.39, 0.29) is 34.7 Å². The van der Waals surface area contributed by atoms with Crippen LogP contribution in [0.3, 0.4) is 0 Å². The van der Waals surface area contributed by atoms with Crippen molar-refractivity contribution in [3.05, 3.63) is 64.6 Å². The normalized spacial score (nSPS) is 14.4. The van der Waals surface area contributed by atoms with E-state index < -0.39 is 27.1 Å². The number of hydrogen-bond acceptors (Lipinski definition) is 6. The number of likely N-dealkylation sites (tertiary alicyclic amines) is 1. The SMILES string of the molecule is CN1CC(OCC#Cc2ccc(-n3nc(C(=O)NC(C)(C)C)c(S(C)(=O)=O)c3-c3ccc(Cl)cc3)c(F)c2)C1. The van der Waals surface area contributed by atoms with Crippen LogP contribution >= 0.6 is 11.6 Å². The molecule has 1 aliphatic heterocycles. The van der Waals surface area contributed by atoms with Crippen molar-refractivity contribution >= 4 is 27.3 Å². The second-order valence-corrected chi connectivity index (χ2v) is 12.9. The summed E-state index contributed by atoms with van der Waals surface area (Å²) >= 11 is 6.06. The lowest BCUT2D eigenvalue weighted by Crippen LogP contribution is -2.49. The molecule has 1 aromatic heterocycles. The van der Waals surface area contributed by atoms with Gasteiger partial charge in [0.25, 0.3) is 5.91 Å². The van der Waals surface area contributed by atoms with Crippen molar-refractivity contribution in [2.24, 2.45) is 0 Å². The molecular weight excluding hydrogens is 543 g/mol. The summed E-state index contributed by atoms with van der Waals surface area (Å²) in [5.74, 6) is 4.39. The summed E-state index contributed by atoms with van der Waals surface area (Å²) in [5, 5.41) is 7.50. The fraction of sp³-hybridized carbons (Fsp3) is 0.357. The van der Waals surface area contributed by atoms with Crippen LogP contribution in [-0.2, 0) is 14.6 Å². The number of carbonyl (C=O) groups is 1. The lowest BCUT2D eigenvalue weighted by Gasteiger charge is -2.35. The number of amides is 1. The molecule has 1 fully saturated rings. The van der Waals surface area contributed by atoms with Crippen LogP contribution in [0, 0.1) is 17.7 Å². The molecule has 11 heteroatoms. The van der Waals surface area contributed by atoms with Crippen molar-refractivity contribution in [3.63, 3.8) is 0 Å². The van der Waals surface area contributed by atoms with Crippen LogP contribution in [0.25, 0.3) is 16.9 Å². The van der Waals surface area contributed by atoms with E-state index >= 15 is 4.39 Å². The standard InChI is InChI=1S/C28H30ClFN4O4S/c1-28(2,3)31-27(35)24-26(39(5,36)37)25(19-9-11-20(29)12-10-19)34(32-24)23-13-8-18(15-22(23)30)7-6-14-38-21-16-33(4)17-21/h8-13,15,21H,14,16-17H2,1-5H3,(H,31,35). The number of sulfone groups is 1. The zero-order valence-electron chi connectivity index (χ0n) is 22.4. The summed E-state index contributed by atoms with van der Waals surface area (Å²) in [6.07, 6.45) is 1.14. The quantitative estimate of drug-likeness (QED) is 0.450. The van der Waals surface area contributed by atoms with E-state index in [1.807, 2.05) is 7.05 Å². The van der Waals surface area contributed by atoms with Crippen LogP contribution in [0.5, 0.6) is 0 Å². The number of likely N-dealkylation sites (N-methyl/N-ethyl adjacent to an activating group) is 1. The van der Waals surface area contributed by atoms with E-state index in [1.165, 1.54) is 12.1 Å². The maximum absolute atomic E-state index is 15.5. The molecule has 0 bridgehead atoms. The van der Waals surface area contributed by atoms with Gasteiger partial charge in [-0.1, -0.05) is 35.6 Å². The number of benzene rings is 2. The van der Waals surface area contributed by atoms with Crippen molar-refractivity contribution < 1.29 is 22.3 Å². The number of nitrogens with zero attached hydrogens (tertiary/aromatic N) is 3. The van der Waals surface area contributed by atoms with Gasteiger partial charge in [0.1, 0.15) is 23.0 Å². The molecule has 0 aliphatic carbocycles. The number of halogens is 2. The third kappa shape index (κ3) is 6.86. The number of nitrogens with one attached hydrogen (secondary N) is 1. The van der Waals surface area contributed by atoms with E-state index in [9.17, 15) is 13.2 Å². The smallest absolute Gasteiger partial charge is 0.273 e. The van der Waals surface area contributed by atoms with E-state index in [4.69, 9.17) is 16.3 Å². The van der Waals surface area contributed by atoms with E-state index in [2.05, 4.69) is 27.2 Å². The molecule has 2 aromatic carbocycles. The highest BCUT2D eigenvalue weighted by molar-refractivity contribution is 7.91. The average Bonchev–Trinajstić information content (AvgIpc) is 3.21. The predicted molar refractivity (Wildman–Crippen MR) is 148 cm³/mol. The molecule has 1 aliphatic rings. The first kappa shape index (κ1) is 28.8. The lowest BCUT2D eigenvalue weighted by molar-refractivity contribution is -0.0294. The highest BCUT2D eigenvalue weighted by Gasteiger charge is 2.33. The molecule has 0 spiro atoms. The Bertz CT molecular complexity index is 1560. The van der Waals surface area contributed by atoms with Crippen molar-refractivity contribution in [1.82, 2.24) is 20.0 Å². The molecule has 8 nitrogen and oxygen atoms in total. The van der Waals surface area contributed by atoms with Gasteiger partial charge in [-0.15, -0.1) is 0 Å². The number of rotatable bonds is 6. The second-order valence-electron chi connectivity index (χ2n) is 10.5. The summed E-state index contributed by atoms with van der Waals surface area (Å²) < 4.78 is 48.3. The zero-order valence-corrected chi connectivity index (χ0v) is 24.0. The van der Waals surface area contributed by atoms with Gasteiger partial charge in [-0.3, -0.25) is 4.79 Å². The fourth-order valence-corrected chi connectivity index (χ4v) is 5.31. The summed E-state index contributed by atoms with van der Waals surface area (Å²) in [7, 11) is -1.99. The number of carbonyl (C=O) groups excluding carboxylic acids is 1. The van der Waals surface area contributed by atoms with Gasteiger partial charge in [-0.25, -0.2) is 17.5 Å². The van der Waals surface area contributed by atoms with Gasteiger partial charge in [0, 0.05) is 41.0 Å². The van der Waals surface area contributed by atoms with Crippen molar-refractivity contribution in [3.8, 4) is 28.8 Å². The number of hydrogen-bond donors (Lipinski definition) is 1. The molecule has 4 rings (SSSR count). The third-order valence-electron chi connectivity index (χ3n) is 5.86. The Morgan fingerprint density at radius 3 is 2.44 bits per heavy atom. The van der Waals surface area contributed by atoms with Gasteiger partial charge in [-0.2, -0.15) is 5.10 Å². The molecule has 206 valence electrons. The van der Waals surface area contributed by atoms with Crippen LogP contribution in [0.2, 0.25) is 5.02 Å². The molecule has 1 saturated heterocycles. The lowest BCUT2D eigenvalue weighted by atomic mass is 10.1. The highest BCUT2D eigenvalue weighted by atomic mass is 35.5. The van der Waals surface area contributed by atoms with Gasteiger partial charge < -0.3 is 15.0 Å². The summed E-state index contributed by atoms with van der Waals surface area (Å²) in [5.41, 5.74) is -0.188. The van der Waals surface area contributed by atoms with E-state index in [1.54, 1.807) is 51.1 Å². The maximum atomic E-state index is 15.5. The maximum Gasteiger partial charge on any atom is 0.273 e. The van der Waals surface area contributed by atoms with Gasteiger partial charge in [-0.05, 0) is 58.2 Å². The predicted octanol–water partition coefficient (Wildman–Crippen LogP) is 3.95. The first-order valence-electron chi connectivity index (χ1n) is 12.2. The first-order valence-corrected chi connectivity index (χ1v) is 14.5. The molecule has 0 saturated carbocycles. The van der Waals surface area contributed by atoms with Gasteiger partial charge in [0.2, 0.25) is 0 Å². The summed E-state index contributed by atoms with van der Waals surface area (Å²) in [4.78, 5) is 15.0. The van der Waals surface area contributed by atoms with Gasteiger partial charge >= 0.3 is 0 Å². The highest BCUT2D eigenvalue weighted by Crippen LogP contribution is 2.34. The minimum absolute atomic E-state index is 0.0426.